The van der Waals surface area contributed by atoms with Crippen LogP contribution in [0.2, 0.25) is 10.0 Å². The first-order valence-electron chi connectivity index (χ1n) is 8.07. The molecule has 0 atom stereocenters. The third-order valence-corrected chi connectivity index (χ3v) is 4.92. The van der Waals surface area contributed by atoms with Crippen LogP contribution in [0.5, 0.6) is 0 Å². The number of aromatic nitrogens is 2. The molecule has 0 aliphatic carbocycles. The van der Waals surface area contributed by atoms with E-state index in [2.05, 4.69) is 10.00 Å². The highest BCUT2D eigenvalue weighted by Crippen LogP contribution is 2.23. The summed E-state index contributed by atoms with van der Waals surface area (Å²) >= 11 is 12.1. The van der Waals surface area contributed by atoms with Gasteiger partial charge in [-0.3, -0.25) is 14.4 Å². The Hall–Kier alpha value is -2.09. The van der Waals surface area contributed by atoms with Crippen molar-refractivity contribution in [3.8, 4) is 0 Å². The largest absolute Gasteiger partial charge is 0.476 e. The molecule has 1 N–H and O–H groups in total. The minimum atomic E-state index is -1.20. The maximum absolute atomic E-state index is 12.6. The molecule has 0 bridgehead atoms. The number of aryl methyl sites for hydroxylation is 1. The molecule has 1 amide bonds. The number of amides is 1. The molecular weight excluding hydrogens is 379 g/mol. The van der Waals surface area contributed by atoms with Gasteiger partial charge in [-0.1, -0.05) is 29.3 Å². The highest BCUT2D eigenvalue weighted by atomic mass is 35.5. The number of carboxylic acid groups (broad SMARTS) is 1. The smallest absolute Gasteiger partial charge is 0.357 e. The summed E-state index contributed by atoms with van der Waals surface area (Å²) in [5, 5.41) is 14.3. The zero-order valence-electron chi connectivity index (χ0n) is 14.2. The van der Waals surface area contributed by atoms with Gasteiger partial charge in [0.15, 0.2) is 5.69 Å². The summed E-state index contributed by atoms with van der Waals surface area (Å²) in [6, 6.07) is 5.42. The number of halogens is 2. The Morgan fingerprint density at radius 2 is 1.88 bits per heavy atom. The molecule has 1 aliphatic rings. The molecule has 3 rings (SSSR count). The first kappa shape index (κ1) is 18.7. The van der Waals surface area contributed by atoms with Crippen molar-refractivity contribution in [2.24, 2.45) is 7.05 Å². The summed E-state index contributed by atoms with van der Waals surface area (Å²) in [4.78, 5) is 27.8. The standard InChI is InChI=1S/C17H18Cl2N4O3/c1-21-10-13(15(20-21)17(25)26)16(24)23-6-4-22(5-7-23)9-11-2-3-12(18)8-14(11)19/h2-3,8,10H,4-7,9H2,1H3,(H,25,26). The summed E-state index contributed by atoms with van der Waals surface area (Å²) in [5.41, 5.74) is 0.887. The maximum Gasteiger partial charge on any atom is 0.357 e. The molecule has 1 fully saturated rings. The van der Waals surface area contributed by atoms with Crippen molar-refractivity contribution in [1.29, 1.82) is 0 Å². The topological polar surface area (TPSA) is 78.7 Å². The van der Waals surface area contributed by atoms with Gasteiger partial charge in [-0.25, -0.2) is 4.79 Å². The summed E-state index contributed by atoms with van der Waals surface area (Å²) in [7, 11) is 1.59. The monoisotopic (exact) mass is 396 g/mol. The van der Waals surface area contributed by atoms with Crippen molar-refractivity contribution in [2.45, 2.75) is 6.54 Å². The van der Waals surface area contributed by atoms with E-state index in [0.717, 1.165) is 5.56 Å². The van der Waals surface area contributed by atoms with E-state index >= 15 is 0 Å². The van der Waals surface area contributed by atoms with Gasteiger partial charge in [0.1, 0.15) is 0 Å². The number of benzene rings is 1. The molecule has 138 valence electrons. The summed E-state index contributed by atoms with van der Waals surface area (Å²) in [6.07, 6.45) is 1.45. The van der Waals surface area contributed by atoms with Crippen molar-refractivity contribution in [3.05, 3.63) is 51.3 Å². The summed E-state index contributed by atoms with van der Waals surface area (Å²) in [6.45, 7) is 3.04. The van der Waals surface area contributed by atoms with E-state index in [0.29, 0.717) is 42.8 Å². The number of hydrogen-bond donors (Lipinski definition) is 1. The average Bonchev–Trinajstić information content (AvgIpc) is 2.99. The van der Waals surface area contributed by atoms with Crippen LogP contribution >= 0.6 is 23.2 Å². The fraction of sp³-hybridized carbons (Fsp3) is 0.353. The van der Waals surface area contributed by atoms with Gasteiger partial charge in [0, 0.05) is 56.0 Å². The lowest BCUT2D eigenvalue weighted by Crippen LogP contribution is -2.48. The molecule has 2 aromatic rings. The molecule has 0 saturated carbocycles. The summed E-state index contributed by atoms with van der Waals surface area (Å²) in [5.74, 6) is -1.51. The van der Waals surface area contributed by atoms with E-state index < -0.39 is 5.97 Å². The quantitative estimate of drug-likeness (QED) is 0.857. The average molecular weight is 397 g/mol. The molecule has 2 heterocycles. The van der Waals surface area contributed by atoms with Gasteiger partial charge >= 0.3 is 5.97 Å². The van der Waals surface area contributed by atoms with Crippen LogP contribution in [0.3, 0.4) is 0 Å². The Kier molecular flexibility index (Phi) is 5.50. The Morgan fingerprint density at radius 3 is 2.50 bits per heavy atom. The number of rotatable bonds is 4. The molecule has 1 saturated heterocycles. The van der Waals surface area contributed by atoms with Gasteiger partial charge in [0.2, 0.25) is 0 Å². The van der Waals surface area contributed by atoms with Crippen LogP contribution in [0.25, 0.3) is 0 Å². The lowest BCUT2D eigenvalue weighted by Gasteiger charge is -2.34. The van der Waals surface area contributed by atoms with Gasteiger partial charge in [-0.2, -0.15) is 5.10 Å². The van der Waals surface area contributed by atoms with Gasteiger partial charge in [0.25, 0.3) is 5.91 Å². The maximum atomic E-state index is 12.6. The second kappa shape index (κ2) is 7.65. The first-order chi connectivity index (χ1) is 12.3. The Balaban J connectivity index is 1.63. The first-order valence-corrected chi connectivity index (χ1v) is 8.83. The van der Waals surface area contributed by atoms with E-state index in [1.54, 1.807) is 24.1 Å². The third kappa shape index (κ3) is 4.00. The normalized spacial score (nSPS) is 15.3. The van der Waals surface area contributed by atoms with Crippen LogP contribution in [-0.2, 0) is 13.6 Å². The number of hydrogen-bond acceptors (Lipinski definition) is 4. The van der Waals surface area contributed by atoms with Gasteiger partial charge in [-0.05, 0) is 17.7 Å². The molecule has 7 nitrogen and oxygen atoms in total. The third-order valence-electron chi connectivity index (χ3n) is 4.33. The van der Waals surface area contributed by atoms with E-state index in [4.69, 9.17) is 23.2 Å². The van der Waals surface area contributed by atoms with Crippen molar-refractivity contribution in [3.63, 3.8) is 0 Å². The molecule has 0 spiro atoms. The molecule has 26 heavy (non-hydrogen) atoms. The molecule has 0 radical (unpaired) electrons. The van der Waals surface area contributed by atoms with Crippen LogP contribution < -0.4 is 0 Å². The Morgan fingerprint density at radius 1 is 1.19 bits per heavy atom. The van der Waals surface area contributed by atoms with E-state index in [-0.39, 0.29) is 17.2 Å². The van der Waals surface area contributed by atoms with Gasteiger partial charge < -0.3 is 10.0 Å². The minimum Gasteiger partial charge on any atom is -0.476 e. The lowest BCUT2D eigenvalue weighted by molar-refractivity contribution is 0.0608. The van der Waals surface area contributed by atoms with E-state index in [9.17, 15) is 14.7 Å². The zero-order valence-corrected chi connectivity index (χ0v) is 15.7. The van der Waals surface area contributed by atoms with Crippen molar-refractivity contribution >= 4 is 35.1 Å². The minimum absolute atomic E-state index is 0.120. The second-order valence-corrected chi connectivity index (χ2v) is 7.02. The number of carbonyl (C=O) groups is 2. The van der Waals surface area contributed by atoms with Crippen LogP contribution in [0.4, 0.5) is 0 Å². The van der Waals surface area contributed by atoms with Crippen molar-refractivity contribution in [2.75, 3.05) is 26.2 Å². The van der Waals surface area contributed by atoms with Crippen LogP contribution in [-0.4, -0.2) is 62.7 Å². The zero-order chi connectivity index (χ0) is 18.8. The van der Waals surface area contributed by atoms with Crippen LogP contribution in [0.15, 0.2) is 24.4 Å². The fourth-order valence-corrected chi connectivity index (χ4v) is 3.44. The number of carboxylic acids is 1. The number of nitrogens with zero attached hydrogens (tertiary/aromatic N) is 4. The molecular formula is C17H18Cl2N4O3. The van der Waals surface area contributed by atoms with Gasteiger partial charge in [0.05, 0.1) is 5.56 Å². The molecule has 0 unspecified atom stereocenters. The van der Waals surface area contributed by atoms with Crippen LogP contribution in [0, 0.1) is 0 Å². The SMILES string of the molecule is Cn1cc(C(=O)N2CCN(Cc3ccc(Cl)cc3Cl)CC2)c(C(=O)O)n1. The van der Waals surface area contributed by atoms with Crippen LogP contribution in [0.1, 0.15) is 26.4 Å². The Labute approximate surface area is 160 Å². The predicted molar refractivity (Wildman–Crippen MR) is 97.8 cm³/mol. The molecule has 1 aromatic carbocycles. The highest BCUT2D eigenvalue weighted by Gasteiger charge is 2.28. The summed E-state index contributed by atoms with van der Waals surface area (Å²) < 4.78 is 1.34. The van der Waals surface area contributed by atoms with E-state index in [1.165, 1.54) is 10.9 Å². The fourth-order valence-electron chi connectivity index (χ4n) is 2.97. The second-order valence-electron chi connectivity index (χ2n) is 6.17. The number of carbonyl (C=O) groups excluding carboxylic acids is 1. The highest BCUT2D eigenvalue weighted by molar-refractivity contribution is 6.35. The molecule has 1 aromatic heterocycles. The number of aromatic carboxylic acids is 1. The molecule has 9 heteroatoms. The Bertz CT molecular complexity index is 845. The predicted octanol–water partition coefficient (Wildman–Crippen LogP) is 2.38. The lowest BCUT2D eigenvalue weighted by atomic mass is 10.1. The van der Waals surface area contributed by atoms with E-state index in [1.807, 2.05) is 6.07 Å². The van der Waals surface area contributed by atoms with Crippen molar-refractivity contribution in [1.82, 2.24) is 19.6 Å². The van der Waals surface area contributed by atoms with Gasteiger partial charge in [-0.15, -0.1) is 0 Å². The molecule has 1 aliphatic heterocycles. The van der Waals surface area contributed by atoms with Crippen molar-refractivity contribution < 1.29 is 14.7 Å². The number of piperazine rings is 1.